The van der Waals surface area contributed by atoms with Crippen LogP contribution in [-0.4, -0.2) is 21.6 Å². The molecule has 4 aromatic carbocycles. The first kappa shape index (κ1) is 29.8. The number of thiazole rings is 1. The minimum atomic E-state index is -0.993. The Hall–Kier alpha value is -5.25. The molecule has 0 fully saturated rings. The number of fused-ring (bicyclic) bond motifs is 1. The molecule has 224 valence electrons. The van der Waals surface area contributed by atoms with Crippen LogP contribution in [0.1, 0.15) is 40.0 Å². The van der Waals surface area contributed by atoms with Crippen molar-refractivity contribution in [2.75, 3.05) is 5.32 Å². The number of carbonyl (C=O) groups is 2. The van der Waals surface area contributed by atoms with Gasteiger partial charge in [-0.15, -0.1) is 0 Å². The van der Waals surface area contributed by atoms with Crippen molar-refractivity contribution in [3.63, 3.8) is 0 Å². The van der Waals surface area contributed by atoms with Gasteiger partial charge in [-0.05, 0) is 78.2 Å². The van der Waals surface area contributed by atoms with Gasteiger partial charge in [-0.2, -0.15) is 0 Å². The van der Waals surface area contributed by atoms with Gasteiger partial charge in [0.2, 0.25) is 0 Å². The minimum Gasteiger partial charge on any atom is -0.489 e. The molecule has 6 rings (SSSR count). The Morgan fingerprint density at radius 2 is 1.73 bits per heavy atom. The van der Waals surface area contributed by atoms with E-state index >= 15 is 0 Å². The van der Waals surface area contributed by atoms with Gasteiger partial charge in [0, 0.05) is 10.7 Å². The van der Waals surface area contributed by atoms with Crippen LogP contribution in [-0.2, 0) is 11.4 Å². The van der Waals surface area contributed by atoms with Gasteiger partial charge in [0.05, 0.1) is 27.4 Å². The summed E-state index contributed by atoms with van der Waals surface area (Å²) in [7, 11) is 0. The lowest BCUT2D eigenvalue weighted by molar-refractivity contribution is -0.113. The summed E-state index contributed by atoms with van der Waals surface area (Å²) in [5.74, 6) is -0.739. The summed E-state index contributed by atoms with van der Waals surface area (Å²) >= 11 is 7.43. The second kappa shape index (κ2) is 12.8. The molecular weight excluding hydrogens is 610 g/mol. The lowest BCUT2D eigenvalue weighted by atomic mass is 9.95. The minimum absolute atomic E-state index is 0.199. The number of amides is 1. The molecule has 45 heavy (non-hydrogen) atoms. The topological polar surface area (TPSA) is 110 Å². The number of ether oxygens (including phenoxy) is 1. The van der Waals surface area contributed by atoms with Gasteiger partial charge in [-0.3, -0.25) is 14.2 Å². The van der Waals surface area contributed by atoms with Crippen molar-refractivity contribution in [1.82, 2.24) is 4.57 Å². The van der Waals surface area contributed by atoms with Crippen molar-refractivity contribution < 1.29 is 19.4 Å². The van der Waals surface area contributed by atoms with Gasteiger partial charge in [0.15, 0.2) is 4.80 Å². The lowest BCUT2D eigenvalue weighted by Crippen LogP contribution is -2.40. The van der Waals surface area contributed by atoms with E-state index in [4.69, 9.17) is 16.3 Å². The van der Waals surface area contributed by atoms with Crippen LogP contribution < -0.4 is 24.9 Å². The predicted molar refractivity (Wildman–Crippen MR) is 174 cm³/mol. The first-order chi connectivity index (χ1) is 21.8. The molecule has 2 N–H and O–H groups in total. The van der Waals surface area contributed by atoms with E-state index in [0.717, 1.165) is 16.7 Å². The van der Waals surface area contributed by atoms with Crippen molar-refractivity contribution in [1.29, 1.82) is 0 Å². The summed E-state index contributed by atoms with van der Waals surface area (Å²) in [5, 5.41) is 12.7. The van der Waals surface area contributed by atoms with Gasteiger partial charge < -0.3 is 15.2 Å². The zero-order chi connectivity index (χ0) is 31.5. The maximum absolute atomic E-state index is 13.9. The number of allylic oxidation sites excluding steroid dienone is 1. The molecule has 0 spiro atoms. The van der Waals surface area contributed by atoms with Gasteiger partial charge in [-0.1, -0.05) is 77.5 Å². The highest BCUT2D eigenvalue weighted by molar-refractivity contribution is 7.07. The van der Waals surface area contributed by atoms with E-state index in [1.54, 1.807) is 72.2 Å². The molecule has 1 aliphatic rings. The van der Waals surface area contributed by atoms with Crippen molar-refractivity contribution in [2.24, 2.45) is 4.99 Å². The molecule has 0 saturated heterocycles. The van der Waals surface area contributed by atoms with E-state index in [9.17, 15) is 19.5 Å². The second-order valence-electron chi connectivity index (χ2n) is 10.3. The molecule has 0 aliphatic carbocycles. The highest BCUT2D eigenvalue weighted by Gasteiger charge is 2.32. The summed E-state index contributed by atoms with van der Waals surface area (Å²) in [6, 6.07) is 29.4. The lowest BCUT2D eigenvalue weighted by Gasteiger charge is -2.25. The summed E-state index contributed by atoms with van der Waals surface area (Å²) in [4.78, 5) is 44.0. The third-order valence-electron chi connectivity index (χ3n) is 7.24. The van der Waals surface area contributed by atoms with E-state index in [2.05, 4.69) is 10.3 Å². The molecule has 0 unspecified atom stereocenters. The van der Waals surface area contributed by atoms with Gasteiger partial charge >= 0.3 is 5.97 Å². The number of aromatic carboxylic acids is 1. The van der Waals surface area contributed by atoms with Gasteiger partial charge in [0.25, 0.3) is 11.5 Å². The molecule has 1 aliphatic heterocycles. The SMILES string of the molecule is CC1=C(C(=O)Nc2ccccc2)[C@@H](c2ccc(Cl)cc2)n2c(s/c(=C\c3ccc(OCc4cccc(C(=O)O)c4)cc3)c2=O)=N1. The number of hydrogen-bond acceptors (Lipinski definition) is 6. The second-order valence-corrected chi connectivity index (χ2v) is 11.8. The number of halogens is 1. The van der Waals surface area contributed by atoms with E-state index in [0.29, 0.717) is 37.1 Å². The first-order valence-electron chi connectivity index (χ1n) is 14.0. The number of benzene rings is 4. The number of para-hydroxylation sites is 1. The summed E-state index contributed by atoms with van der Waals surface area (Å²) in [5.41, 5.74) is 3.71. The Morgan fingerprint density at radius 3 is 2.44 bits per heavy atom. The Morgan fingerprint density at radius 1 is 1.00 bits per heavy atom. The van der Waals surface area contributed by atoms with E-state index in [1.807, 2.05) is 42.5 Å². The molecule has 10 heteroatoms. The number of rotatable bonds is 8. The Labute approximate surface area is 266 Å². The Bertz CT molecular complexity index is 2120. The number of carboxylic acid groups (broad SMARTS) is 1. The van der Waals surface area contributed by atoms with Crippen LogP contribution in [0.25, 0.3) is 6.08 Å². The number of carbonyl (C=O) groups excluding carboxylic acids is 1. The molecule has 1 aromatic heterocycles. The van der Waals surface area contributed by atoms with Crippen molar-refractivity contribution >= 4 is 46.6 Å². The van der Waals surface area contributed by atoms with Crippen LogP contribution in [0.15, 0.2) is 124 Å². The van der Waals surface area contributed by atoms with E-state index < -0.39 is 12.0 Å². The quantitative estimate of drug-likeness (QED) is 0.224. The van der Waals surface area contributed by atoms with E-state index in [1.165, 1.54) is 17.4 Å². The fourth-order valence-electron chi connectivity index (χ4n) is 5.06. The van der Waals surface area contributed by atoms with Crippen molar-refractivity contribution in [2.45, 2.75) is 19.6 Å². The highest BCUT2D eigenvalue weighted by Crippen LogP contribution is 2.31. The normalized spacial score (nSPS) is 14.4. The van der Waals surface area contributed by atoms with Gasteiger partial charge in [-0.25, -0.2) is 9.79 Å². The smallest absolute Gasteiger partial charge is 0.335 e. The van der Waals surface area contributed by atoms with E-state index in [-0.39, 0.29) is 23.6 Å². The van der Waals surface area contributed by atoms with Crippen LogP contribution in [0.3, 0.4) is 0 Å². The van der Waals surface area contributed by atoms with Crippen LogP contribution in [0.4, 0.5) is 5.69 Å². The zero-order valence-electron chi connectivity index (χ0n) is 23.9. The molecule has 1 atom stereocenters. The number of carboxylic acids is 1. The van der Waals surface area contributed by atoms with Crippen molar-refractivity contribution in [3.8, 4) is 5.75 Å². The molecule has 0 saturated carbocycles. The molecule has 1 amide bonds. The zero-order valence-corrected chi connectivity index (χ0v) is 25.5. The fraction of sp³-hybridized carbons (Fsp3) is 0.0857. The van der Waals surface area contributed by atoms with Crippen LogP contribution >= 0.6 is 22.9 Å². The number of anilines is 1. The predicted octanol–water partition coefficient (Wildman–Crippen LogP) is 5.80. The average Bonchev–Trinajstić information content (AvgIpc) is 3.34. The average molecular weight is 636 g/mol. The van der Waals surface area contributed by atoms with Crippen LogP contribution in [0, 0.1) is 0 Å². The molecule has 2 heterocycles. The highest BCUT2D eigenvalue weighted by atomic mass is 35.5. The standard InChI is InChI=1S/C35H26ClN3O5S/c1-21-30(32(40)38-27-8-3-2-4-9-27)31(24-12-14-26(36)15-13-24)39-33(41)29(45-35(39)37-21)19-22-10-16-28(17-11-22)44-20-23-6-5-7-25(18-23)34(42)43/h2-19,31H,20H2,1H3,(H,38,40)(H,42,43)/b29-19-/t31-/m1/s1. The molecule has 0 radical (unpaired) electrons. The van der Waals surface area contributed by atoms with Crippen LogP contribution in [0.2, 0.25) is 5.02 Å². The Balaban J connectivity index is 1.31. The summed E-state index contributed by atoms with van der Waals surface area (Å²) in [6.07, 6.45) is 1.78. The number of aromatic nitrogens is 1. The number of hydrogen-bond donors (Lipinski definition) is 2. The monoisotopic (exact) mass is 635 g/mol. The van der Waals surface area contributed by atoms with Gasteiger partial charge in [0.1, 0.15) is 12.4 Å². The molecule has 5 aromatic rings. The molecular formula is C35H26ClN3O5S. The maximum atomic E-state index is 13.9. The fourth-order valence-corrected chi connectivity index (χ4v) is 6.24. The largest absolute Gasteiger partial charge is 0.489 e. The summed E-state index contributed by atoms with van der Waals surface area (Å²) in [6.45, 7) is 1.99. The third kappa shape index (κ3) is 6.50. The summed E-state index contributed by atoms with van der Waals surface area (Å²) < 4.78 is 7.87. The third-order valence-corrected chi connectivity index (χ3v) is 8.48. The first-order valence-corrected chi connectivity index (χ1v) is 15.2. The van der Waals surface area contributed by atoms with Crippen LogP contribution in [0.5, 0.6) is 5.75 Å². The molecule has 0 bridgehead atoms. The van der Waals surface area contributed by atoms with Crippen molar-refractivity contribution in [3.05, 3.63) is 161 Å². The molecule has 8 nitrogen and oxygen atoms in total. The number of nitrogens with one attached hydrogen (secondary N) is 1. The number of nitrogens with zero attached hydrogens (tertiary/aromatic N) is 2. The maximum Gasteiger partial charge on any atom is 0.335 e. The Kier molecular flexibility index (Phi) is 8.46.